The molecule has 0 saturated heterocycles. The van der Waals surface area contributed by atoms with Crippen LogP contribution in [0.2, 0.25) is 10.0 Å². The molecule has 2 N–H and O–H groups in total. The van der Waals surface area contributed by atoms with Crippen LogP contribution in [-0.4, -0.2) is 23.6 Å². The van der Waals surface area contributed by atoms with E-state index in [1.54, 1.807) is 0 Å². The van der Waals surface area contributed by atoms with E-state index < -0.39 is 18.5 Å². The number of nitrogens with one attached hydrogen (secondary N) is 1. The zero-order valence-electron chi connectivity index (χ0n) is 8.17. The van der Waals surface area contributed by atoms with E-state index in [0.29, 0.717) is 13.6 Å². The van der Waals surface area contributed by atoms with Gasteiger partial charge in [0.15, 0.2) is 6.61 Å². The maximum atomic E-state index is 11.6. The van der Waals surface area contributed by atoms with Crippen LogP contribution in [0.15, 0.2) is 12.1 Å². The molecule has 92 valence electrons. The van der Waals surface area contributed by atoms with Gasteiger partial charge in [-0.05, 0) is 34.7 Å². The van der Waals surface area contributed by atoms with Gasteiger partial charge in [-0.15, -0.1) is 0 Å². The van der Waals surface area contributed by atoms with Gasteiger partial charge in [0.25, 0.3) is 5.91 Å². The lowest BCUT2D eigenvalue weighted by Crippen LogP contribution is -2.27. The first kappa shape index (κ1) is 14.5. The number of rotatable bonds is 4. The van der Waals surface area contributed by atoms with E-state index in [9.17, 15) is 9.59 Å². The summed E-state index contributed by atoms with van der Waals surface area (Å²) >= 11 is 13.5. The topological polar surface area (TPSA) is 75.6 Å². The Morgan fingerprint density at radius 3 is 2.65 bits per heavy atom. The zero-order valence-corrected chi connectivity index (χ0v) is 11.8. The molecule has 0 aliphatic heterocycles. The van der Waals surface area contributed by atoms with Gasteiger partial charge in [0.05, 0.1) is 10.6 Å². The molecule has 1 aromatic rings. The molecule has 1 rings (SSSR count). The lowest BCUT2D eigenvalue weighted by Gasteiger charge is -2.07. The average molecular weight is 390 g/mol. The summed E-state index contributed by atoms with van der Waals surface area (Å²) in [6.07, 6.45) is 0. The molecular weight excluding hydrogens is 384 g/mol. The fraction of sp³-hybridized carbons (Fsp3) is 0.111. The second-order valence-corrected chi connectivity index (χ2v) is 4.79. The number of hydrogen-bond acceptors (Lipinski definition) is 3. The molecular formula is C9H6Cl2INO4. The van der Waals surface area contributed by atoms with Crippen LogP contribution in [0.25, 0.3) is 0 Å². The number of amides is 1. The van der Waals surface area contributed by atoms with Crippen molar-refractivity contribution in [3.8, 4) is 0 Å². The second-order valence-electron chi connectivity index (χ2n) is 2.86. The Bertz CT molecular complexity index is 467. The number of carbonyl (C=O) groups excluding carboxylic acids is 1. The number of carboxylic acid groups (broad SMARTS) is 1. The van der Waals surface area contributed by atoms with E-state index in [1.165, 1.54) is 12.1 Å². The summed E-state index contributed by atoms with van der Waals surface area (Å²) in [5.74, 6) is -1.80. The van der Waals surface area contributed by atoms with Crippen molar-refractivity contribution in [2.75, 3.05) is 6.61 Å². The number of hydroxylamine groups is 1. The molecule has 0 unspecified atom stereocenters. The molecule has 0 aliphatic rings. The number of aliphatic carboxylic acids is 1. The third-order valence-corrected chi connectivity index (χ3v) is 3.60. The first-order valence-electron chi connectivity index (χ1n) is 4.20. The Morgan fingerprint density at radius 2 is 2.06 bits per heavy atom. The summed E-state index contributed by atoms with van der Waals surface area (Å²) in [5, 5.41) is 8.96. The van der Waals surface area contributed by atoms with Crippen LogP contribution in [0, 0.1) is 3.57 Å². The first-order chi connectivity index (χ1) is 7.91. The third kappa shape index (κ3) is 4.30. The quantitative estimate of drug-likeness (QED) is 0.471. The summed E-state index contributed by atoms with van der Waals surface area (Å²) in [7, 11) is 0. The third-order valence-electron chi connectivity index (χ3n) is 1.60. The van der Waals surface area contributed by atoms with Gasteiger partial charge in [-0.25, -0.2) is 10.3 Å². The van der Waals surface area contributed by atoms with Crippen LogP contribution in [0.1, 0.15) is 10.4 Å². The van der Waals surface area contributed by atoms with E-state index in [1.807, 2.05) is 28.1 Å². The number of halogens is 3. The highest BCUT2D eigenvalue weighted by Crippen LogP contribution is 2.26. The van der Waals surface area contributed by atoms with Gasteiger partial charge in [0.2, 0.25) is 0 Å². The van der Waals surface area contributed by atoms with Crippen molar-refractivity contribution in [2.24, 2.45) is 0 Å². The predicted octanol–water partition coefficient (Wildman–Crippen LogP) is 2.34. The van der Waals surface area contributed by atoms with Gasteiger partial charge in [-0.2, -0.15) is 0 Å². The van der Waals surface area contributed by atoms with Gasteiger partial charge in [-0.1, -0.05) is 23.2 Å². The molecule has 0 spiro atoms. The summed E-state index contributed by atoms with van der Waals surface area (Å²) in [4.78, 5) is 26.2. The maximum absolute atomic E-state index is 11.6. The summed E-state index contributed by atoms with van der Waals surface area (Å²) < 4.78 is 0.505. The lowest BCUT2D eigenvalue weighted by atomic mass is 10.2. The van der Waals surface area contributed by atoms with Crippen molar-refractivity contribution >= 4 is 57.7 Å². The molecule has 0 atom stereocenters. The molecule has 1 amide bonds. The molecule has 0 radical (unpaired) electrons. The minimum absolute atomic E-state index is 0.216. The Morgan fingerprint density at radius 1 is 1.41 bits per heavy atom. The molecule has 8 heteroatoms. The molecule has 17 heavy (non-hydrogen) atoms. The Hall–Kier alpha value is -0.570. The van der Waals surface area contributed by atoms with Gasteiger partial charge < -0.3 is 5.11 Å². The second kappa shape index (κ2) is 6.39. The van der Waals surface area contributed by atoms with Crippen molar-refractivity contribution in [1.29, 1.82) is 0 Å². The van der Waals surface area contributed by atoms with Crippen LogP contribution in [0.5, 0.6) is 0 Å². The molecule has 0 aromatic heterocycles. The summed E-state index contributed by atoms with van der Waals surface area (Å²) in [5.41, 5.74) is 2.20. The molecule has 5 nitrogen and oxygen atoms in total. The number of benzene rings is 1. The van der Waals surface area contributed by atoms with E-state index >= 15 is 0 Å². The van der Waals surface area contributed by atoms with Gasteiger partial charge >= 0.3 is 5.97 Å². The maximum Gasteiger partial charge on any atom is 0.332 e. The highest BCUT2D eigenvalue weighted by Gasteiger charge is 2.14. The zero-order chi connectivity index (χ0) is 13.0. The average Bonchev–Trinajstić information content (AvgIpc) is 2.22. The fourth-order valence-corrected chi connectivity index (χ4v) is 1.99. The first-order valence-corrected chi connectivity index (χ1v) is 6.03. The van der Waals surface area contributed by atoms with Crippen molar-refractivity contribution in [3.63, 3.8) is 0 Å². The molecule has 0 aliphatic carbocycles. The minimum atomic E-state index is -1.19. The lowest BCUT2D eigenvalue weighted by molar-refractivity contribution is -0.144. The SMILES string of the molecule is O=C(O)CONC(=O)c1cc(Cl)cc(Cl)c1I. The number of carbonyl (C=O) groups is 2. The monoisotopic (exact) mass is 389 g/mol. The van der Waals surface area contributed by atoms with Gasteiger partial charge in [0, 0.05) is 8.59 Å². The van der Waals surface area contributed by atoms with Crippen molar-refractivity contribution in [2.45, 2.75) is 0 Å². The smallest absolute Gasteiger partial charge is 0.332 e. The normalized spacial score (nSPS) is 10.1. The van der Waals surface area contributed by atoms with Crippen LogP contribution in [0.3, 0.4) is 0 Å². The van der Waals surface area contributed by atoms with E-state index in [-0.39, 0.29) is 5.56 Å². The van der Waals surface area contributed by atoms with Gasteiger partial charge in [-0.3, -0.25) is 9.63 Å². The van der Waals surface area contributed by atoms with Crippen LogP contribution < -0.4 is 5.48 Å². The van der Waals surface area contributed by atoms with Crippen molar-refractivity contribution in [1.82, 2.24) is 5.48 Å². The van der Waals surface area contributed by atoms with Crippen LogP contribution >= 0.6 is 45.8 Å². The van der Waals surface area contributed by atoms with E-state index in [2.05, 4.69) is 4.84 Å². The number of carboxylic acids is 1. The molecule has 1 aromatic carbocycles. The molecule has 0 heterocycles. The number of hydrogen-bond donors (Lipinski definition) is 2. The molecule has 0 saturated carbocycles. The fourth-order valence-electron chi connectivity index (χ4n) is 0.940. The molecule has 0 fully saturated rings. The van der Waals surface area contributed by atoms with Crippen molar-refractivity contribution < 1.29 is 19.5 Å². The van der Waals surface area contributed by atoms with Crippen molar-refractivity contribution in [3.05, 3.63) is 31.3 Å². The Balaban J connectivity index is 2.78. The van der Waals surface area contributed by atoms with Crippen LogP contribution in [0.4, 0.5) is 0 Å². The van der Waals surface area contributed by atoms with E-state index in [0.717, 1.165) is 0 Å². The van der Waals surface area contributed by atoms with Crippen LogP contribution in [-0.2, 0) is 9.63 Å². The Kier molecular flexibility index (Phi) is 5.44. The standard InChI is InChI=1S/C9H6Cl2INO4/c10-4-1-5(8(12)6(11)2-4)9(16)13-17-3-7(14)15/h1-2H,3H2,(H,13,16)(H,14,15). The largest absolute Gasteiger partial charge is 0.479 e. The van der Waals surface area contributed by atoms with Gasteiger partial charge in [0.1, 0.15) is 0 Å². The Labute approximate surface area is 120 Å². The minimum Gasteiger partial charge on any atom is -0.479 e. The predicted molar refractivity (Wildman–Crippen MR) is 70.2 cm³/mol. The molecule has 0 bridgehead atoms. The summed E-state index contributed by atoms with van der Waals surface area (Å²) in [6, 6.07) is 2.91. The highest BCUT2D eigenvalue weighted by atomic mass is 127. The summed E-state index contributed by atoms with van der Waals surface area (Å²) in [6.45, 7) is -0.628. The van der Waals surface area contributed by atoms with E-state index in [4.69, 9.17) is 28.3 Å². The highest BCUT2D eigenvalue weighted by molar-refractivity contribution is 14.1.